The van der Waals surface area contributed by atoms with Gasteiger partial charge in [-0.1, -0.05) is 13.5 Å². The molecule has 0 amide bonds. The molecule has 0 N–H and O–H groups in total. The molecule has 5 heteroatoms. The Morgan fingerprint density at radius 2 is 1.95 bits per heavy atom. The lowest BCUT2D eigenvalue weighted by molar-refractivity contribution is 0.348. The van der Waals surface area contributed by atoms with E-state index < -0.39 is 0 Å². The minimum Gasteiger partial charge on any atom is -0.489 e. The molecule has 0 radical (unpaired) electrons. The molecule has 2 aromatic rings. The van der Waals surface area contributed by atoms with Crippen molar-refractivity contribution >= 4 is 11.5 Å². The van der Waals surface area contributed by atoms with Crippen LogP contribution in [0.3, 0.4) is 0 Å². The molecule has 0 bridgehead atoms. The van der Waals surface area contributed by atoms with Crippen LogP contribution in [0.5, 0.6) is 16.7 Å². The van der Waals surface area contributed by atoms with E-state index in [9.17, 15) is 0 Å². The third-order valence-electron chi connectivity index (χ3n) is 2.48. The van der Waals surface area contributed by atoms with Gasteiger partial charge in [0, 0.05) is 11.5 Å². The molecule has 1 aromatic heterocycles. The van der Waals surface area contributed by atoms with Crippen molar-refractivity contribution in [1.82, 2.24) is 9.36 Å². The molecule has 0 spiro atoms. The van der Waals surface area contributed by atoms with Gasteiger partial charge in [-0.05, 0) is 43.2 Å². The zero-order valence-electron chi connectivity index (χ0n) is 11.0. The summed E-state index contributed by atoms with van der Waals surface area (Å²) >= 11 is 1.24. The van der Waals surface area contributed by atoms with Crippen molar-refractivity contribution in [3.63, 3.8) is 0 Å². The fourth-order valence-electron chi connectivity index (χ4n) is 1.31. The Hall–Kier alpha value is -1.88. The van der Waals surface area contributed by atoms with Crippen LogP contribution in [0.2, 0.25) is 0 Å². The highest BCUT2D eigenvalue weighted by Gasteiger charge is 2.03. The Morgan fingerprint density at radius 1 is 1.26 bits per heavy atom. The number of rotatable bonds is 6. The Balaban J connectivity index is 1.92. The molecule has 0 aliphatic carbocycles. The zero-order chi connectivity index (χ0) is 13.7. The highest BCUT2D eigenvalue weighted by Crippen LogP contribution is 2.25. The minimum absolute atomic E-state index is 0.547. The van der Waals surface area contributed by atoms with Crippen molar-refractivity contribution < 1.29 is 9.47 Å². The van der Waals surface area contributed by atoms with E-state index in [1.807, 2.05) is 31.2 Å². The van der Waals surface area contributed by atoms with Crippen LogP contribution in [0.1, 0.15) is 19.2 Å². The van der Waals surface area contributed by atoms with Gasteiger partial charge in [0.05, 0.1) is 0 Å². The number of ether oxygens (including phenoxy) is 2. The van der Waals surface area contributed by atoms with E-state index in [4.69, 9.17) is 9.47 Å². The molecule has 0 aliphatic rings. The third-order valence-corrected chi connectivity index (χ3v) is 3.17. The molecule has 0 saturated heterocycles. The van der Waals surface area contributed by atoms with Crippen molar-refractivity contribution in [2.45, 2.75) is 20.3 Å². The summed E-state index contributed by atoms with van der Waals surface area (Å²) in [7, 11) is 0. The first-order valence-electron chi connectivity index (χ1n) is 6.05. The molecule has 2 rings (SSSR count). The van der Waals surface area contributed by atoms with Gasteiger partial charge in [0.15, 0.2) is 0 Å². The van der Waals surface area contributed by atoms with E-state index in [-0.39, 0.29) is 0 Å². The Bertz CT molecular complexity index is 549. The molecule has 19 heavy (non-hydrogen) atoms. The molecule has 0 atom stereocenters. The van der Waals surface area contributed by atoms with Crippen LogP contribution in [0.15, 0.2) is 36.4 Å². The number of benzene rings is 1. The summed E-state index contributed by atoms with van der Waals surface area (Å²) in [6, 6.07) is 7.43. The molecule has 1 heterocycles. The number of hydrogen-bond acceptors (Lipinski definition) is 5. The summed E-state index contributed by atoms with van der Waals surface area (Å²) in [5.74, 6) is 2.24. The van der Waals surface area contributed by atoms with Crippen molar-refractivity contribution in [3.05, 3.63) is 42.2 Å². The average Bonchev–Trinajstić information content (AvgIpc) is 2.83. The predicted molar refractivity (Wildman–Crippen MR) is 76.1 cm³/mol. The fraction of sp³-hybridized carbons (Fsp3) is 0.286. The standard InChI is InChI=1S/C14H16N2O2S/c1-4-10(2)9-17-12-5-7-13(8-6-12)18-14-15-11(3)16-19-14/h5-8H,2,4,9H2,1,3H3. The first kappa shape index (κ1) is 13.5. The molecule has 4 nitrogen and oxygen atoms in total. The zero-order valence-corrected chi connectivity index (χ0v) is 11.9. The quantitative estimate of drug-likeness (QED) is 0.748. The van der Waals surface area contributed by atoms with Gasteiger partial charge >= 0.3 is 0 Å². The predicted octanol–water partition coefficient (Wildman–Crippen LogP) is 3.98. The van der Waals surface area contributed by atoms with Crippen LogP contribution >= 0.6 is 11.5 Å². The van der Waals surface area contributed by atoms with E-state index in [1.54, 1.807) is 0 Å². The van der Waals surface area contributed by atoms with Crippen molar-refractivity contribution in [2.24, 2.45) is 0 Å². The Labute approximate surface area is 116 Å². The SMILES string of the molecule is C=C(CC)COc1ccc(Oc2nc(C)ns2)cc1. The topological polar surface area (TPSA) is 44.2 Å². The highest BCUT2D eigenvalue weighted by atomic mass is 32.1. The normalized spacial score (nSPS) is 10.2. The third kappa shape index (κ3) is 4.06. The molecule has 0 aliphatic heterocycles. The maximum absolute atomic E-state index is 5.59. The van der Waals surface area contributed by atoms with Crippen LogP contribution in [-0.2, 0) is 0 Å². The monoisotopic (exact) mass is 276 g/mol. The van der Waals surface area contributed by atoms with Crippen molar-refractivity contribution in [1.29, 1.82) is 0 Å². The molecule has 0 unspecified atom stereocenters. The fourth-order valence-corrected chi connectivity index (χ4v) is 1.87. The summed E-state index contributed by atoms with van der Waals surface area (Å²) in [5, 5.41) is 0.547. The van der Waals surface area contributed by atoms with Gasteiger partial charge in [0.1, 0.15) is 23.9 Å². The first-order valence-corrected chi connectivity index (χ1v) is 6.82. The maximum Gasteiger partial charge on any atom is 0.298 e. The maximum atomic E-state index is 5.59. The lowest BCUT2D eigenvalue weighted by Crippen LogP contribution is -1.99. The number of nitrogens with zero attached hydrogens (tertiary/aromatic N) is 2. The molecule has 100 valence electrons. The Morgan fingerprint density at radius 3 is 2.53 bits per heavy atom. The summed E-state index contributed by atoms with van der Waals surface area (Å²) < 4.78 is 15.2. The lowest BCUT2D eigenvalue weighted by atomic mass is 10.2. The molecular formula is C14H16N2O2S. The van der Waals surface area contributed by atoms with Gasteiger partial charge in [-0.15, -0.1) is 0 Å². The van der Waals surface area contributed by atoms with E-state index in [0.29, 0.717) is 11.8 Å². The summed E-state index contributed by atoms with van der Waals surface area (Å²) in [4.78, 5) is 4.14. The van der Waals surface area contributed by atoms with Gasteiger partial charge in [-0.2, -0.15) is 9.36 Å². The van der Waals surface area contributed by atoms with Gasteiger partial charge in [-0.3, -0.25) is 0 Å². The molecular weight excluding hydrogens is 260 g/mol. The lowest BCUT2D eigenvalue weighted by Gasteiger charge is -2.07. The minimum atomic E-state index is 0.547. The second-order valence-electron chi connectivity index (χ2n) is 4.07. The van der Waals surface area contributed by atoms with Crippen LogP contribution in [0.25, 0.3) is 0 Å². The van der Waals surface area contributed by atoms with Gasteiger partial charge < -0.3 is 9.47 Å². The van der Waals surface area contributed by atoms with Crippen LogP contribution in [-0.4, -0.2) is 16.0 Å². The van der Waals surface area contributed by atoms with Crippen LogP contribution in [0.4, 0.5) is 0 Å². The number of aryl methyl sites for hydroxylation is 1. The van der Waals surface area contributed by atoms with Gasteiger partial charge in [0.25, 0.3) is 5.19 Å². The highest BCUT2D eigenvalue weighted by molar-refractivity contribution is 7.07. The second-order valence-corrected chi connectivity index (χ2v) is 4.79. The summed E-state index contributed by atoms with van der Waals surface area (Å²) in [6.45, 7) is 8.34. The second kappa shape index (κ2) is 6.33. The van der Waals surface area contributed by atoms with Gasteiger partial charge in [0.2, 0.25) is 0 Å². The van der Waals surface area contributed by atoms with E-state index in [2.05, 4.69) is 22.9 Å². The smallest absolute Gasteiger partial charge is 0.298 e. The van der Waals surface area contributed by atoms with E-state index in [0.717, 1.165) is 29.3 Å². The van der Waals surface area contributed by atoms with Crippen LogP contribution < -0.4 is 9.47 Å². The first-order chi connectivity index (χ1) is 9.17. The molecule has 0 fully saturated rings. The van der Waals surface area contributed by atoms with E-state index in [1.165, 1.54) is 11.5 Å². The van der Waals surface area contributed by atoms with Crippen LogP contribution in [0, 0.1) is 6.92 Å². The van der Waals surface area contributed by atoms with Crippen molar-refractivity contribution in [3.8, 4) is 16.7 Å². The average molecular weight is 276 g/mol. The van der Waals surface area contributed by atoms with Gasteiger partial charge in [-0.25, -0.2) is 0 Å². The Kier molecular flexibility index (Phi) is 4.52. The summed E-state index contributed by atoms with van der Waals surface area (Å²) in [6.07, 6.45) is 0.928. The van der Waals surface area contributed by atoms with E-state index >= 15 is 0 Å². The summed E-state index contributed by atoms with van der Waals surface area (Å²) in [5.41, 5.74) is 1.07. The largest absolute Gasteiger partial charge is 0.489 e. The molecule has 1 aromatic carbocycles. The number of aromatic nitrogens is 2. The molecule has 0 saturated carbocycles. The van der Waals surface area contributed by atoms with Crippen molar-refractivity contribution in [2.75, 3.05) is 6.61 Å². The number of hydrogen-bond donors (Lipinski definition) is 0.